The van der Waals surface area contributed by atoms with Gasteiger partial charge in [0.2, 0.25) is 0 Å². The van der Waals surface area contributed by atoms with E-state index in [1.54, 1.807) is 0 Å². The number of thioether (sulfide) groups is 1. The molecular weight excluding hydrogens is 332 g/mol. The molecule has 2 heterocycles. The number of carboxylic acids is 1. The molecule has 2 saturated heterocycles. The molecule has 0 aromatic carbocycles. The second kappa shape index (κ2) is 11.1. The molecule has 2 aliphatic heterocycles. The van der Waals surface area contributed by atoms with Crippen molar-refractivity contribution in [3.05, 3.63) is 24.3 Å². The van der Waals surface area contributed by atoms with Crippen LogP contribution in [0.1, 0.15) is 71.1 Å². The van der Waals surface area contributed by atoms with E-state index in [1.807, 2.05) is 6.08 Å². The van der Waals surface area contributed by atoms with Crippen LogP contribution in [0.4, 0.5) is 0 Å². The number of carboxylic acid groups (broad SMARTS) is 1. The molecule has 0 spiro atoms. The van der Waals surface area contributed by atoms with E-state index in [-0.39, 0.29) is 12.5 Å². The van der Waals surface area contributed by atoms with Crippen LogP contribution in [0.25, 0.3) is 0 Å². The minimum Gasteiger partial charge on any atom is -0.481 e. The van der Waals surface area contributed by atoms with Gasteiger partial charge in [0.15, 0.2) is 0 Å². The molecule has 1 aliphatic carbocycles. The fraction of sp³-hybridized carbons (Fsp3) is 0.762. The molecule has 5 atom stereocenters. The number of fused-ring (bicyclic) bond motifs is 2. The van der Waals surface area contributed by atoms with Crippen molar-refractivity contribution in [2.75, 3.05) is 0 Å². The molecule has 0 amide bonds. The van der Waals surface area contributed by atoms with Crippen molar-refractivity contribution < 1.29 is 15.0 Å². The van der Waals surface area contributed by atoms with E-state index in [2.05, 4.69) is 36.9 Å². The van der Waals surface area contributed by atoms with Crippen molar-refractivity contribution in [1.29, 1.82) is 0 Å². The van der Waals surface area contributed by atoms with Gasteiger partial charge in [-0.3, -0.25) is 4.79 Å². The van der Waals surface area contributed by atoms with Crippen LogP contribution in [-0.4, -0.2) is 32.8 Å². The average molecular weight is 367 g/mol. The summed E-state index contributed by atoms with van der Waals surface area (Å²) in [7, 11) is 0. The average Bonchev–Trinajstić information content (AvgIpc) is 2.55. The molecule has 1 saturated carbocycles. The highest BCUT2D eigenvalue weighted by Gasteiger charge is 2.44. The number of hydrogen-bond donors (Lipinski definition) is 2. The molecule has 3 rings (SSSR count). The maximum Gasteiger partial charge on any atom is 0.303 e. The highest BCUT2D eigenvalue weighted by molar-refractivity contribution is 8.01. The van der Waals surface area contributed by atoms with E-state index < -0.39 is 5.97 Å². The van der Waals surface area contributed by atoms with Crippen LogP contribution in [0.5, 0.6) is 0 Å². The Labute approximate surface area is 157 Å². The fourth-order valence-electron chi connectivity index (χ4n) is 3.94. The predicted molar refractivity (Wildman–Crippen MR) is 106 cm³/mol. The maximum atomic E-state index is 10.5. The van der Waals surface area contributed by atoms with Crippen LogP contribution in [0.2, 0.25) is 0 Å². The first-order chi connectivity index (χ1) is 12.1. The van der Waals surface area contributed by atoms with Crippen LogP contribution < -0.4 is 0 Å². The number of aliphatic hydroxyl groups is 1. The quantitative estimate of drug-likeness (QED) is 0.368. The van der Waals surface area contributed by atoms with E-state index in [4.69, 9.17) is 5.11 Å². The fourth-order valence-corrected chi connectivity index (χ4v) is 5.58. The third kappa shape index (κ3) is 7.18. The molecule has 25 heavy (non-hydrogen) atoms. The van der Waals surface area contributed by atoms with Crippen molar-refractivity contribution >= 4 is 17.7 Å². The van der Waals surface area contributed by atoms with Crippen LogP contribution in [0.3, 0.4) is 0 Å². The molecule has 2 bridgehead atoms. The van der Waals surface area contributed by atoms with Gasteiger partial charge >= 0.3 is 5.97 Å². The first kappa shape index (κ1) is 20.6. The zero-order chi connectivity index (χ0) is 18.1. The number of rotatable bonds is 12. The van der Waals surface area contributed by atoms with Gasteiger partial charge in [-0.25, -0.2) is 0 Å². The van der Waals surface area contributed by atoms with Crippen molar-refractivity contribution in [3.63, 3.8) is 0 Å². The third-order valence-corrected chi connectivity index (χ3v) is 7.11. The number of unbranched alkanes of at least 4 members (excludes halogenated alkanes) is 3. The Bertz CT molecular complexity index is 454. The largest absolute Gasteiger partial charge is 0.481 e. The minimum absolute atomic E-state index is 0.259. The summed E-state index contributed by atoms with van der Waals surface area (Å²) in [5.41, 5.74) is 0. The standard InChI is InChI=1S/C21H34O3S/c1-2-3-6-9-17(22)13-12-16-14-18-15-20(25-18)19(16)10-7-4-5-8-11-21(23)24/h4,7,12-13,16-20,22H,2-3,5-6,8-11,14-15H2,1H3,(H,23,24)/b7-4-,13-12+/t16-,17-,18-,19+,20-/m0/s1. The Morgan fingerprint density at radius 2 is 2.04 bits per heavy atom. The monoisotopic (exact) mass is 366 g/mol. The number of carbonyl (C=O) groups is 1. The van der Waals surface area contributed by atoms with Crippen LogP contribution in [0.15, 0.2) is 24.3 Å². The lowest BCUT2D eigenvalue weighted by Crippen LogP contribution is -2.44. The molecular formula is C21H34O3S. The summed E-state index contributed by atoms with van der Waals surface area (Å²) in [6.07, 6.45) is 18.4. The van der Waals surface area contributed by atoms with E-state index in [9.17, 15) is 9.90 Å². The number of aliphatic hydroxyl groups excluding tert-OH is 1. The lowest BCUT2D eigenvalue weighted by Gasteiger charge is -2.49. The van der Waals surface area contributed by atoms with Crippen LogP contribution in [-0.2, 0) is 4.79 Å². The Morgan fingerprint density at radius 3 is 2.76 bits per heavy atom. The van der Waals surface area contributed by atoms with Gasteiger partial charge in [0.05, 0.1) is 6.10 Å². The molecule has 142 valence electrons. The number of aliphatic carboxylic acids is 1. The molecule has 3 nitrogen and oxygen atoms in total. The summed E-state index contributed by atoms with van der Waals surface area (Å²) >= 11 is 2.14. The van der Waals surface area contributed by atoms with Gasteiger partial charge in [-0.2, -0.15) is 11.8 Å². The summed E-state index contributed by atoms with van der Waals surface area (Å²) < 4.78 is 0. The Morgan fingerprint density at radius 1 is 1.24 bits per heavy atom. The Hall–Kier alpha value is -0.740. The maximum absolute atomic E-state index is 10.5. The molecule has 0 radical (unpaired) electrons. The van der Waals surface area contributed by atoms with Crippen molar-refractivity contribution in [2.45, 2.75) is 87.7 Å². The zero-order valence-corrected chi connectivity index (χ0v) is 16.3. The Balaban J connectivity index is 1.76. The highest BCUT2D eigenvalue weighted by atomic mass is 32.2. The second-order valence-electron chi connectivity index (χ2n) is 7.54. The van der Waals surface area contributed by atoms with E-state index in [0.29, 0.717) is 11.8 Å². The number of allylic oxidation sites excluding steroid dienone is 3. The Kier molecular flexibility index (Phi) is 9.11. The summed E-state index contributed by atoms with van der Waals surface area (Å²) in [6.45, 7) is 2.19. The van der Waals surface area contributed by atoms with Crippen LogP contribution >= 0.6 is 11.8 Å². The van der Waals surface area contributed by atoms with Gasteiger partial charge in [0.25, 0.3) is 0 Å². The molecule has 0 aromatic rings. The molecule has 4 heteroatoms. The van der Waals surface area contributed by atoms with Gasteiger partial charge < -0.3 is 10.2 Å². The first-order valence-electron chi connectivity index (χ1n) is 9.98. The zero-order valence-electron chi connectivity index (χ0n) is 15.5. The second-order valence-corrected chi connectivity index (χ2v) is 9.08. The summed E-state index contributed by atoms with van der Waals surface area (Å²) in [5, 5.41) is 20.4. The van der Waals surface area contributed by atoms with Gasteiger partial charge in [0.1, 0.15) is 0 Å². The van der Waals surface area contributed by atoms with Crippen LogP contribution in [0, 0.1) is 11.8 Å². The normalized spacial score (nSPS) is 29.8. The van der Waals surface area contributed by atoms with Gasteiger partial charge in [-0.15, -0.1) is 0 Å². The molecule has 3 fully saturated rings. The molecule has 0 unspecified atom stereocenters. The summed E-state index contributed by atoms with van der Waals surface area (Å²) in [5.74, 6) is 0.555. The van der Waals surface area contributed by atoms with Crippen molar-refractivity contribution in [3.8, 4) is 0 Å². The van der Waals surface area contributed by atoms with Gasteiger partial charge in [-0.1, -0.05) is 50.5 Å². The summed E-state index contributed by atoms with van der Waals surface area (Å²) in [6, 6.07) is 0. The summed E-state index contributed by atoms with van der Waals surface area (Å²) in [4.78, 5) is 10.5. The van der Waals surface area contributed by atoms with Crippen molar-refractivity contribution in [2.24, 2.45) is 11.8 Å². The van der Waals surface area contributed by atoms with Gasteiger partial charge in [-0.05, 0) is 50.4 Å². The van der Waals surface area contributed by atoms with E-state index >= 15 is 0 Å². The molecule has 2 N–H and O–H groups in total. The predicted octanol–water partition coefficient (Wildman–Crippen LogP) is 5.20. The topological polar surface area (TPSA) is 57.5 Å². The first-order valence-corrected chi connectivity index (χ1v) is 10.9. The highest BCUT2D eigenvalue weighted by Crippen LogP contribution is 2.54. The third-order valence-electron chi connectivity index (χ3n) is 5.45. The minimum atomic E-state index is -0.708. The number of hydrogen-bond acceptors (Lipinski definition) is 3. The lowest BCUT2D eigenvalue weighted by molar-refractivity contribution is -0.137. The SMILES string of the molecule is CCCCC[C@H](O)/C=C/[C@H]1C[C@H]2C[C@H](S2)[C@@H]1C/C=C\CCCC(=O)O. The molecule has 0 aromatic heterocycles. The van der Waals surface area contributed by atoms with E-state index in [1.165, 1.54) is 25.7 Å². The van der Waals surface area contributed by atoms with Gasteiger partial charge in [0, 0.05) is 16.9 Å². The van der Waals surface area contributed by atoms with E-state index in [0.717, 1.165) is 42.6 Å². The lowest BCUT2D eigenvalue weighted by atomic mass is 9.75. The van der Waals surface area contributed by atoms with Crippen molar-refractivity contribution in [1.82, 2.24) is 0 Å². The smallest absolute Gasteiger partial charge is 0.303 e. The molecule has 3 aliphatic rings.